The minimum atomic E-state index is 0.246. The minimum Gasteiger partial charge on any atom is -0.363 e. The fourth-order valence-electron chi connectivity index (χ4n) is 2.47. The van der Waals surface area contributed by atoms with Crippen LogP contribution in [0.25, 0.3) is 0 Å². The van der Waals surface area contributed by atoms with Crippen molar-refractivity contribution in [2.75, 3.05) is 0 Å². The second-order valence-electron chi connectivity index (χ2n) is 3.67. The van der Waals surface area contributed by atoms with E-state index in [1.54, 1.807) is 0 Å². The van der Waals surface area contributed by atoms with E-state index in [2.05, 4.69) is 24.3 Å². The number of hydrogen-bond donors (Lipinski definition) is 0. The van der Waals surface area contributed by atoms with Gasteiger partial charge in [0.05, 0.1) is 0 Å². The van der Waals surface area contributed by atoms with E-state index >= 15 is 0 Å². The summed E-state index contributed by atoms with van der Waals surface area (Å²) in [5.74, 6) is 0. The van der Waals surface area contributed by atoms with Gasteiger partial charge in [-0.2, -0.15) is 0 Å². The predicted molar refractivity (Wildman–Crippen MR) is 41.7 cm³/mol. The van der Waals surface area contributed by atoms with Gasteiger partial charge in [0, 0.05) is 0 Å². The average molecular weight is 160 g/mol. The topological polar surface area (TPSA) is 21.8 Å². The van der Waals surface area contributed by atoms with Gasteiger partial charge in [-0.1, -0.05) is 24.3 Å². The van der Waals surface area contributed by atoms with Crippen LogP contribution in [0.1, 0.15) is 23.3 Å². The van der Waals surface area contributed by atoms with Crippen LogP contribution in [0.2, 0.25) is 0 Å². The molecule has 3 aliphatic rings. The summed E-state index contributed by atoms with van der Waals surface area (Å²) in [6.45, 7) is 0. The van der Waals surface area contributed by atoms with Gasteiger partial charge in [-0.3, -0.25) is 0 Å². The van der Waals surface area contributed by atoms with Crippen LogP contribution in [-0.4, -0.2) is 12.2 Å². The van der Waals surface area contributed by atoms with Gasteiger partial charge in [0.25, 0.3) is 0 Å². The first kappa shape index (κ1) is 5.73. The van der Waals surface area contributed by atoms with Crippen molar-refractivity contribution in [2.45, 2.75) is 24.4 Å². The van der Waals surface area contributed by atoms with E-state index in [0.717, 1.165) is 0 Å². The van der Waals surface area contributed by atoms with E-state index in [9.17, 15) is 0 Å². The molecular formula is C10H8O2. The summed E-state index contributed by atoms with van der Waals surface area (Å²) >= 11 is 0. The van der Waals surface area contributed by atoms with Crippen molar-refractivity contribution >= 4 is 0 Å². The van der Waals surface area contributed by atoms with Gasteiger partial charge >= 0.3 is 0 Å². The van der Waals surface area contributed by atoms with Crippen molar-refractivity contribution in [3.8, 4) is 0 Å². The van der Waals surface area contributed by atoms with Crippen molar-refractivity contribution in [1.29, 1.82) is 0 Å². The Balaban J connectivity index is 2.01. The quantitative estimate of drug-likeness (QED) is 0.537. The number of hydrogen-bond acceptors (Lipinski definition) is 2. The van der Waals surface area contributed by atoms with E-state index in [4.69, 9.17) is 9.47 Å². The van der Waals surface area contributed by atoms with Gasteiger partial charge in [-0.05, 0) is 11.1 Å². The number of rotatable bonds is 0. The Hall–Kier alpha value is -0.860. The van der Waals surface area contributed by atoms with Crippen molar-refractivity contribution in [3.05, 3.63) is 35.4 Å². The summed E-state index contributed by atoms with van der Waals surface area (Å²) in [5.41, 5.74) is 2.70. The number of fused-ring (bicyclic) bond motifs is 8. The molecule has 4 unspecified atom stereocenters. The average Bonchev–Trinajstić information content (AvgIpc) is 2.74. The molecule has 2 nitrogen and oxygen atoms in total. The third-order valence-electron chi connectivity index (χ3n) is 3.06. The summed E-state index contributed by atoms with van der Waals surface area (Å²) in [6, 6.07) is 8.44. The van der Waals surface area contributed by atoms with Crippen LogP contribution in [0.5, 0.6) is 0 Å². The zero-order chi connectivity index (χ0) is 7.71. The van der Waals surface area contributed by atoms with Crippen molar-refractivity contribution in [1.82, 2.24) is 0 Å². The summed E-state index contributed by atoms with van der Waals surface area (Å²) in [6.07, 6.45) is 1.25. The lowest BCUT2D eigenvalue weighted by atomic mass is 9.92. The number of benzene rings is 1. The third kappa shape index (κ3) is 0.464. The number of epoxide rings is 1. The van der Waals surface area contributed by atoms with Gasteiger partial charge < -0.3 is 9.47 Å². The fourth-order valence-corrected chi connectivity index (χ4v) is 2.47. The molecule has 0 aliphatic carbocycles. The molecule has 60 valence electrons. The van der Waals surface area contributed by atoms with Crippen LogP contribution < -0.4 is 0 Å². The Labute approximate surface area is 70.1 Å². The molecule has 4 atom stereocenters. The highest BCUT2D eigenvalue weighted by Crippen LogP contribution is 2.60. The standard InChI is InChI=1S/C10H8O2/c1-2-4-6-5(3-1)7-9-10(12-9)8(6)11-7/h1-4,7-10H. The molecule has 0 amide bonds. The summed E-state index contributed by atoms with van der Waals surface area (Å²) in [5, 5.41) is 0. The highest BCUT2D eigenvalue weighted by Gasteiger charge is 2.63. The first-order valence-corrected chi connectivity index (χ1v) is 4.35. The van der Waals surface area contributed by atoms with Crippen molar-refractivity contribution in [2.24, 2.45) is 0 Å². The second-order valence-corrected chi connectivity index (χ2v) is 3.67. The van der Waals surface area contributed by atoms with Gasteiger partial charge in [0.2, 0.25) is 0 Å². The van der Waals surface area contributed by atoms with Crippen LogP contribution in [0.4, 0.5) is 0 Å². The molecule has 2 bridgehead atoms. The summed E-state index contributed by atoms with van der Waals surface area (Å²) < 4.78 is 11.3. The molecule has 3 aliphatic heterocycles. The van der Waals surface area contributed by atoms with Gasteiger partial charge in [0.15, 0.2) is 0 Å². The van der Waals surface area contributed by atoms with Crippen molar-refractivity contribution < 1.29 is 9.47 Å². The van der Waals surface area contributed by atoms with Crippen LogP contribution in [0, 0.1) is 0 Å². The van der Waals surface area contributed by atoms with Crippen LogP contribution in [0.3, 0.4) is 0 Å². The lowest BCUT2D eigenvalue weighted by Gasteiger charge is -2.05. The Morgan fingerprint density at radius 2 is 1.42 bits per heavy atom. The lowest BCUT2D eigenvalue weighted by molar-refractivity contribution is -0.00903. The van der Waals surface area contributed by atoms with Gasteiger partial charge in [-0.25, -0.2) is 0 Å². The zero-order valence-corrected chi connectivity index (χ0v) is 6.44. The Morgan fingerprint density at radius 1 is 0.833 bits per heavy atom. The molecule has 2 fully saturated rings. The van der Waals surface area contributed by atoms with Crippen LogP contribution >= 0.6 is 0 Å². The molecular weight excluding hydrogens is 152 g/mol. The largest absolute Gasteiger partial charge is 0.363 e. The van der Waals surface area contributed by atoms with E-state index in [-0.39, 0.29) is 12.2 Å². The maximum absolute atomic E-state index is 5.78. The first-order chi connectivity index (χ1) is 5.95. The monoisotopic (exact) mass is 160 g/mol. The molecule has 2 heteroatoms. The molecule has 0 saturated carbocycles. The minimum absolute atomic E-state index is 0.246. The van der Waals surface area contributed by atoms with E-state index in [0.29, 0.717) is 12.2 Å². The molecule has 12 heavy (non-hydrogen) atoms. The van der Waals surface area contributed by atoms with E-state index in [1.165, 1.54) is 11.1 Å². The molecule has 3 heterocycles. The maximum atomic E-state index is 5.78. The molecule has 2 saturated heterocycles. The van der Waals surface area contributed by atoms with Crippen LogP contribution in [-0.2, 0) is 9.47 Å². The maximum Gasteiger partial charge on any atom is 0.118 e. The third-order valence-corrected chi connectivity index (χ3v) is 3.06. The molecule has 0 spiro atoms. The molecule has 0 radical (unpaired) electrons. The molecule has 1 aromatic rings. The molecule has 0 N–H and O–H groups in total. The van der Waals surface area contributed by atoms with Crippen molar-refractivity contribution in [3.63, 3.8) is 0 Å². The van der Waals surface area contributed by atoms with Crippen LogP contribution in [0.15, 0.2) is 24.3 Å². The molecule has 0 aromatic heterocycles. The fraction of sp³-hybridized carbons (Fsp3) is 0.400. The van der Waals surface area contributed by atoms with Gasteiger partial charge in [0.1, 0.15) is 24.4 Å². The Kier molecular flexibility index (Phi) is 0.755. The molecule has 4 rings (SSSR count). The number of ether oxygens (including phenoxy) is 2. The second kappa shape index (κ2) is 1.58. The lowest BCUT2D eigenvalue weighted by Crippen LogP contribution is -2.06. The zero-order valence-electron chi connectivity index (χ0n) is 6.44. The van der Waals surface area contributed by atoms with E-state index in [1.807, 2.05) is 0 Å². The highest BCUT2D eigenvalue weighted by atomic mass is 16.7. The smallest absolute Gasteiger partial charge is 0.118 e. The highest BCUT2D eigenvalue weighted by molar-refractivity contribution is 5.42. The molecule has 1 aromatic carbocycles. The summed E-state index contributed by atoms with van der Waals surface area (Å²) in [7, 11) is 0. The van der Waals surface area contributed by atoms with Gasteiger partial charge in [-0.15, -0.1) is 0 Å². The Morgan fingerprint density at radius 3 is 2.00 bits per heavy atom. The first-order valence-electron chi connectivity index (χ1n) is 4.35. The SMILES string of the molecule is c1ccc2c(c1)C1OC2C2OC12. The summed E-state index contributed by atoms with van der Waals surface area (Å²) in [4.78, 5) is 0. The predicted octanol–water partition coefficient (Wildman–Crippen LogP) is 1.58. The Bertz CT molecular complexity index is 328. The van der Waals surface area contributed by atoms with E-state index < -0.39 is 0 Å². The normalized spacial score (nSPS) is 45.7.